The third-order valence-electron chi connectivity index (χ3n) is 6.96. The van der Waals surface area contributed by atoms with E-state index < -0.39 is 0 Å². The highest BCUT2D eigenvalue weighted by Gasteiger charge is 2.73. The van der Waals surface area contributed by atoms with Crippen LogP contribution in [0.15, 0.2) is 28.7 Å². The second-order valence-electron chi connectivity index (χ2n) is 8.75. The van der Waals surface area contributed by atoms with Gasteiger partial charge in [-0.3, -0.25) is 0 Å². The van der Waals surface area contributed by atoms with Gasteiger partial charge >= 0.3 is 0 Å². The number of hydrogen-bond donors (Lipinski definition) is 2. The van der Waals surface area contributed by atoms with Gasteiger partial charge in [0.2, 0.25) is 11.8 Å². The first kappa shape index (κ1) is 18.6. The van der Waals surface area contributed by atoms with Crippen LogP contribution in [-0.2, 0) is 0 Å². The van der Waals surface area contributed by atoms with Crippen molar-refractivity contribution in [2.24, 2.45) is 11.3 Å². The van der Waals surface area contributed by atoms with Crippen molar-refractivity contribution in [2.45, 2.75) is 38.3 Å². The molecule has 4 atom stereocenters. The first-order valence-corrected chi connectivity index (χ1v) is 10.2. The second-order valence-corrected chi connectivity index (χ2v) is 9.11. The first-order chi connectivity index (χ1) is 13.7. The van der Waals surface area contributed by atoms with Crippen molar-refractivity contribution in [3.63, 3.8) is 0 Å². The minimum absolute atomic E-state index is 0.193. The molecule has 2 fully saturated rings. The number of nitrogens with one attached hydrogen (secondary N) is 1. The van der Waals surface area contributed by atoms with Crippen molar-refractivity contribution in [1.29, 1.82) is 0 Å². The Labute approximate surface area is 174 Å². The van der Waals surface area contributed by atoms with Gasteiger partial charge in [0, 0.05) is 25.0 Å². The number of hydrogen-bond acceptors (Lipinski definition) is 7. The van der Waals surface area contributed by atoms with Crippen LogP contribution in [0.4, 0.5) is 11.8 Å². The summed E-state index contributed by atoms with van der Waals surface area (Å²) >= 11 is 6.61. The van der Waals surface area contributed by atoms with Crippen LogP contribution < -0.4 is 10.2 Å². The van der Waals surface area contributed by atoms with Crippen LogP contribution in [-0.4, -0.2) is 45.8 Å². The van der Waals surface area contributed by atoms with Crippen molar-refractivity contribution >= 4 is 34.5 Å². The zero-order valence-corrected chi connectivity index (χ0v) is 17.7. The molecule has 7 nitrogen and oxygen atoms in total. The van der Waals surface area contributed by atoms with Crippen LogP contribution in [0.1, 0.15) is 26.7 Å². The molecule has 4 unspecified atom stereocenters. The molecule has 2 heterocycles. The van der Waals surface area contributed by atoms with E-state index in [-0.39, 0.29) is 22.2 Å². The molecule has 0 radical (unpaired) electrons. The number of para-hydroxylation sites is 2. The Hall–Kier alpha value is -2.38. The molecule has 3 aromatic rings. The molecular formula is C21H24ClN5O2. The highest BCUT2D eigenvalue weighted by atomic mass is 35.5. The molecule has 8 heteroatoms. The van der Waals surface area contributed by atoms with Crippen molar-refractivity contribution in [3.05, 3.63) is 29.4 Å². The third-order valence-corrected chi connectivity index (χ3v) is 7.23. The third kappa shape index (κ3) is 2.57. The van der Waals surface area contributed by atoms with E-state index in [0.717, 1.165) is 18.4 Å². The van der Waals surface area contributed by atoms with E-state index in [4.69, 9.17) is 21.0 Å². The van der Waals surface area contributed by atoms with E-state index in [9.17, 15) is 5.11 Å². The predicted octanol–water partition coefficient (Wildman–Crippen LogP) is 3.97. The summed E-state index contributed by atoms with van der Waals surface area (Å²) in [5.41, 5.74) is 1.45. The summed E-state index contributed by atoms with van der Waals surface area (Å²) in [6.45, 7) is 4.28. The number of aliphatic hydroxyl groups excluding tert-OH is 1. The average molecular weight is 414 g/mol. The summed E-state index contributed by atoms with van der Waals surface area (Å²) in [7, 11) is 3.74. The summed E-state index contributed by atoms with van der Waals surface area (Å²) in [5, 5.41) is 14.3. The second kappa shape index (κ2) is 6.06. The number of oxazole rings is 1. The molecule has 1 aromatic carbocycles. The van der Waals surface area contributed by atoms with E-state index in [1.54, 1.807) is 4.90 Å². The lowest BCUT2D eigenvalue weighted by Gasteiger charge is -2.35. The van der Waals surface area contributed by atoms with Gasteiger partial charge < -0.3 is 19.7 Å². The van der Waals surface area contributed by atoms with Crippen LogP contribution in [0.5, 0.6) is 0 Å². The van der Waals surface area contributed by atoms with Crippen molar-refractivity contribution in [1.82, 2.24) is 15.0 Å². The minimum atomic E-state index is -0.320. The highest BCUT2D eigenvalue weighted by Crippen LogP contribution is 2.68. The summed E-state index contributed by atoms with van der Waals surface area (Å²) in [5.74, 6) is 1.77. The number of aliphatic hydroxyl groups is 1. The summed E-state index contributed by atoms with van der Waals surface area (Å²) in [6.07, 6.45) is 1.63. The number of rotatable bonds is 4. The van der Waals surface area contributed by atoms with Gasteiger partial charge in [0.05, 0.1) is 6.10 Å². The van der Waals surface area contributed by atoms with Crippen LogP contribution >= 0.6 is 11.6 Å². The molecule has 152 valence electrons. The number of fused-ring (bicyclic) bond motifs is 2. The summed E-state index contributed by atoms with van der Waals surface area (Å²) < 4.78 is 5.98. The monoisotopic (exact) mass is 413 g/mol. The van der Waals surface area contributed by atoms with Gasteiger partial charge in [-0.1, -0.05) is 30.7 Å². The molecule has 2 N–H and O–H groups in total. The van der Waals surface area contributed by atoms with E-state index in [1.165, 1.54) is 0 Å². The predicted molar refractivity (Wildman–Crippen MR) is 113 cm³/mol. The molecule has 0 amide bonds. The van der Waals surface area contributed by atoms with E-state index in [2.05, 4.69) is 29.1 Å². The number of benzene rings is 1. The average Bonchev–Trinajstić information content (AvgIpc) is 2.96. The van der Waals surface area contributed by atoms with Gasteiger partial charge in [-0.15, -0.1) is 0 Å². The van der Waals surface area contributed by atoms with Gasteiger partial charge in [0.15, 0.2) is 5.58 Å². The molecule has 0 spiro atoms. The summed E-state index contributed by atoms with van der Waals surface area (Å²) in [4.78, 5) is 15.6. The Bertz CT molecular complexity index is 1080. The maximum atomic E-state index is 10.5. The lowest BCUT2D eigenvalue weighted by atomic mass is 9.84. The number of aromatic nitrogens is 3. The van der Waals surface area contributed by atoms with E-state index >= 15 is 0 Å². The SMILES string of the molecule is CN(C)c1nc(Cl)c(-c2nc3ccccc3o2)c(NC2(C)CCC3C(O)C32C)n1. The van der Waals surface area contributed by atoms with Gasteiger partial charge in [0.25, 0.3) is 0 Å². The smallest absolute Gasteiger partial charge is 0.234 e. The van der Waals surface area contributed by atoms with Gasteiger partial charge in [0.1, 0.15) is 22.1 Å². The molecule has 0 aliphatic heterocycles. The fraction of sp³-hybridized carbons (Fsp3) is 0.476. The van der Waals surface area contributed by atoms with Crippen LogP contribution in [0, 0.1) is 11.3 Å². The lowest BCUT2D eigenvalue weighted by Crippen LogP contribution is -2.43. The van der Waals surface area contributed by atoms with Gasteiger partial charge in [-0.25, -0.2) is 4.98 Å². The molecule has 2 saturated carbocycles. The topological polar surface area (TPSA) is 87.3 Å². The van der Waals surface area contributed by atoms with Crippen LogP contribution in [0.25, 0.3) is 22.6 Å². The van der Waals surface area contributed by atoms with Crippen LogP contribution in [0.2, 0.25) is 5.15 Å². The van der Waals surface area contributed by atoms with Gasteiger partial charge in [-0.05, 0) is 37.8 Å². The maximum Gasteiger partial charge on any atom is 0.234 e. The molecule has 0 saturated heterocycles. The molecule has 29 heavy (non-hydrogen) atoms. The first-order valence-electron chi connectivity index (χ1n) is 9.81. The zero-order chi connectivity index (χ0) is 20.6. The Morgan fingerprint density at radius 2 is 1.97 bits per heavy atom. The van der Waals surface area contributed by atoms with Crippen LogP contribution in [0.3, 0.4) is 0 Å². The van der Waals surface area contributed by atoms with Gasteiger partial charge in [-0.2, -0.15) is 9.97 Å². The number of anilines is 2. The fourth-order valence-corrected chi connectivity index (χ4v) is 5.07. The largest absolute Gasteiger partial charge is 0.436 e. The zero-order valence-electron chi connectivity index (χ0n) is 16.9. The van der Waals surface area contributed by atoms with Crippen molar-refractivity contribution < 1.29 is 9.52 Å². The molecule has 5 rings (SSSR count). The Kier molecular flexibility index (Phi) is 3.89. The van der Waals surface area contributed by atoms with Crippen molar-refractivity contribution in [3.8, 4) is 11.5 Å². The number of nitrogens with zero attached hydrogens (tertiary/aromatic N) is 4. The maximum absolute atomic E-state index is 10.5. The normalized spacial score (nSPS) is 30.4. The van der Waals surface area contributed by atoms with Crippen molar-refractivity contribution in [2.75, 3.05) is 24.3 Å². The summed E-state index contributed by atoms with van der Waals surface area (Å²) in [6, 6.07) is 7.57. The standard InChI is InChI=1S/C21H24ClN5O2/c1-20(10-9-11-15(28)21(11,20)2)26-17-14(16(22)24-19(25-17)27(3)4)18-23-12-7-5-6-8-13(12)29-18/h5-8,11,15,28H,9-10H2,1-4H3,(H,24,25,26). The van der Waals surface area contributed by atoms with E-state index in [0.29, 0.717) is 34.7 Å². The molecule has 2 aliphatic carbocycles. The molecule has 2 aliphatic rings. The molecule has 2 aromatic heterocycles. The molecule has 0 bridgehead atoms. The lowest BCUT2D eigenvalue weighted by molar-refractivity contribution is 0.172. The minimum Gasteiger partial charge on any atom is -0.436 e. The highest BCUT2D eigenvalue weighted by molar-refractivity contribution is 6.32. The Balaban J connectivity index is 1.65. The van der Waals surface area contributed by atoms with E-state index in [1.807, 2.05) is 38.4 Å². The fourth-order valence-electron chi connectivity index (χ4n) is 4.82. The Morgan fingerprint density at radius 1 is 1.21 bits per heavy atom. The quantitative estimate of drug-likeness (QED) is 0.626. The molecular weight excluding hydrogens is 390 g/mol. The number of halogens is 1. The Morgan fingerprint density at radius 3 is 2.62 bits per heavy atom.